The van der Waals surface area contributed by atoms with Crippen molar-refractivity contribution >= 4 is 0 Å². The van der Waals surface area contributed by atoms with Crippen molar-refractivity contribution in [1.29, 1.82) is 5.26 Å². The molecule has 1 rings (SSSR count). The van der Waals surface area contributed by atoms with Crippen LogP contribution in [0.5, 0.6) is 0 Å². The van der Waals surface area contributed by atoms with Gasteiger partial charge in [-0.3, -0.25) is 0 Å². The van der Waals surface area contributed by atoms with E-state index in [2.05, 4.69) is 29.1 Å². The van der Waals surface area contributed by atoms with Crippen LogP contribution in [0.3, 0.4) is 0 Å². The third kappa shape index (κ3) is 3.77. The quantitative estimate of drug-likeness (QED) is 0.696. The zero-order valence-corrected chi connectivity index (χ0v) is 7.95. The molecule has 1 aromatic rings. The van der Waals surface area contributed by atoms with E-state index in [0.717, 1.165) is 19.5 Å². The fraction of sp³-hybridized carbons (Fsp3) is 0.500. The molecule has 0 bridgehead atoms. The molecule has 0 unspecified atom stereocenters. The predicted molar refractivity (Wildman–Crippen MR) is 52.0 cm³/mol. The molecule has 0 atom stereocenters. The molecule has 0 amide bonds. The van der Waals surface area contributed by atoms with Gasteiger partial charge in [-0.05, 0) is 32.1 Å². The summed E-state index contributed by atoms with van der Waals surface area (Å²) < 4.78 is 0. The van der Waals surface area contributed by atoms with Crippen molar-refractivity contribution in [3.63, 3.8) is 0 Å². The van der Waals surface area contributed by atoms with E-state index in [1.165, 1.54) is 5.69 Å². The number of nitrogens with one attached hydrogen (secondary N) is 1. The summed E-state index contributed by atoms with van der Waals surface area (Å²) in [6, 6.07) is 6.22. The van der Waals surface area contributed by atoms with Crippen LogP contribution in [0.2, 0.25) is 0 Å². The van der Waals surface area contributed by atoms with Crippen LogP contribution < -0.4 is 0 Å². The number of hydrogen-bond donors (Lipinski definition) is 1. The van der Waals surface area contributed by atoms with Gasteiger partial charge in [-0.2, -0.15) is 5.26 Å². The summed E-state index contributed by atoms with van der Waals surface area (Å²) in [6.07, 6.45) is 3.53. The molecule has 0 fully saturated rings. The summed E-state index contributed by atoms with van der Waals surface area (Å²) in [5.41, 5.74) is 1.22. The lowest BCUT2D eigenvalue weighted by atomic mass is 10.3. The van der Waals surface area contributed by atoms with E-state index >= 15 is 0 Å². The Morgan fingerprint density at radius 1 is 1.62 bits per heavy atom. The molecular formula is C10H15N3. The van der Waals surface area contributed by atoms with Gasteiger partial charge >= 0.3 is 0 Å². The summed E-state index contributed by atoms with van der Waals surface area (Å²) in [4.78, 5) is 5.36. The number of aromatic amines is 1. The first kappa shape index (κ1) is 9.82. The van der Waals surface area contributed by atoms with Gasteiger partial charge in [-0.15, -0.1) is 0 Å². The van der Waals surface area contributed by atoms with Crippen LogP contribution in [-0.4, -0.2) is 23.5 Å². The Morgan fingerprint density at radius 2 is 2.46 bits per heavy atom. The Hall–Kier alpha value is -1.27. The van der Waals surface area contributed by atoms with Crippen LogP contribution >= 0.6 is 0 Å². The van der Waals surface area contributed by atoms with E-state index in [1.54, 1.807) is 0 Å². The molecule has 0 spiro atoms. The first-order chi connectivity index (χ1) is 6.33. The molecule has 0 aliphatic rings. The standard InChI is InChI=1S/C10H15N3/c1-13(8-3-2-6-11)9-10-5-4-7-12-10/h4-5,7,12H,2-3,8-9H2,1H3. The van der Waals surface area contributed by atoms with Crippen LogP contribution in [0.15, 0.2) is 18.3 Å². The molecule has 3 nitrogen and oxygen atoms in total. The molecule has 0 saturated carbocycles. The number of unbranched alkanes of at least 4 members (excludes halogenated alkanes) is 1. The fourth-order valence-electron chi connectivity index (χ4n) is 1.26. The van der Waals surface area contributed by atoms with Crippen LogP contribution in [0.4, 0.5) is 0 Å². The molecule has 3 heteroatoms. The van der Waals surface area contributed by atoms with Gasteiger partial charge in [0.05, 0.1) is 6.07 Å². The normalized spacial score (nSPS) is 10.2. The number of nitriles is 1. The molecule has 0 aliphatic heterocycles. The maximum atomic E-state index is 8.36. The second-order valence-electron chi connectivity index (χ2n) is 3.19. The summed E-state index contributed by atoms with van der Waals surface area (Å²) in [7, 11) is 2.07. The third-order valence-electron chi connectivity index (χ3n) is 1.93. The van der Waals surface area contributed by atoms with Crippen molar-refractivity contribution in [2.45, 2.75) is 19.4 Å². The molecule has 1 N–H and O–H groups in total. The minimum atomic E-state index is 0.648. The Bertz CT molecular complexity index is 258. The highest BCUT2D eigenvalue weighted by atomic mass is 15.1. The van der Waals surface area contributed by atoms with Crippen molar-refractivity contribution in [1.82, 2.24) is 9.88 Å². The van der Waals surface area contributed by atoms with Gasteiger partial charge < -0.3 is 9.88 Å². The Kier molecular flexibility index (Phi) is 4.07. The van der Waals surface area contributed by atoms with Crippen LogP contribution in [0, 0.1) is 11.3 Å². The minimum Gasteiger partial charge on any atom is -0.364 e. The largest absolute Gasteiger partial charge is 0.364 e. The minimum absolute atomic E-state index is 0.648. The molecule has 0 aromatic carbocycles. The molecule has 0 aliphatic carbocycles. The molecule has 1 heterocycles. The first-order valence-corrected chi connectivity index (χ1v) is 4.50. The molecule has 0 saturated heterocycles. The highest BCUT2D eigenvalue weighted by Gasteiger charge is 1.99. The highest BCUT2D eigenvalue weighted by Crippen LogP contribution is 2.00. The maximum Gasteiger partial charge on any atom is 0.0622 e. The number of rotatable bonds is 5. The lowest BCUT2D eigenvalue weighted by Crippen LogP contribution is -2.19. The topological polar surface area (TPSA) is 42.8 Å². The van der Waals surface area contributed by atoms with E-state index in [4.69, 9.17) is 5.26 Å². The smallest absolute Gasteiger partial charge is 0.0622 e. The van der Waals surface area contributed by atoms with Crippen LogP contribution in [0.25, 0.3) is 0 Å². The number of nitrogens with zero attached hydrogens (tertiary/aromatic N) is 2. The average Bonchev–Trinajstić information content (AvgIpc) is 2.57. The second kappa shape index (κ2) is 5.39. The average molecular weight is 177 g/mol. The van der Waals surface area contributed by atoms with E-state index in [-0.39, 0.29) is 0 Å². The summed E-state index contributed by atoms with van der Waals surface area (Å²) in [5, 5.41) is 8.36. The highest BCUT2D eigenvalue weighted by molar-refractivity contribution is 5.02. The summed E-state index contributed by atoms with van der Waals surface area (Å²) >= 11 is 0. The van der Waals surface area contributed by atoms with Gasteiger partial charge in [-0.1, -0.05) is 0 Å². The van der Waals surface area contributed by atoms with Gasteiger partial charge in [-0.25, -0.2) is 0 Å². The predicted octanol–water partition coefficient (Wildman–Crippen LogP) is 1.75. The fourth-order valence-corrected chi connectivity index (χ4v) is 1.26. The van der Waals surface area contributed by atoms with Crippen molar-refractivity contribution in [3.05, 3.63) is 24.0 Å². The van der Waals surface area contributed by atoms with Crippen molar-refractivity contribution < 1.29 is 0 Å². The molecule has 13 heavy (non-hydrogen) atoms. The number of hydrogen-bond acceptors (Lipinski definition) is 2. The SMILES string of the molecule is CN(CCCC#N)Cc1ccc[nH]1. The van der Waals surface area contributed by atoms with Gasteiger partial charge in [0.25, 0.3) is 0 Å². The molecule has 1 aromatic heterocycles. The van der Waals surface area contributed by atoms with Gasteiger partial charge in [0.2, 0.25) is 0 Å². The Labute approximate surface area is 79.0 Å². The monoisotopic (exact) mass is 177 g/mol. The Morgan fingerprint density at radius 3 is 3.08 bits per heavy atom. The van der Waals surface area contributed by atoms with E-state index in [0.29, 0.717) is 6.42 Å². The van der Waals surface area contributed by atoms with Crippen LogP contribution in [0.1, 0.15) is 18.5 Å². The summed E-state index contributed by atoms with van der Waals surface area (Å²) in [6.45, 7) is 1.91. The van der Waals surface area contributed by atoms with Crippen molar-refractivity contribution in [2.24, 2.45) is 0 Å². The lowest BCUT2D eigenvalue weighted by molar-refractivity contribution is 0.320. The summed E-state index contributed by atoms with van der Waals surface area (Å²) in [5.74, 6) is 0. The van der Waals surface area contributed by atoms with Gasteiger partial charge in [0, 0.05) is 24.9 Å². The maximum absolute atomic E-state index is 8.36. The third-order valence-corrected chi connectivity index (χ3v) is 1.93. The van der Waals surface area contributed by atoms with E-state index in [1.807, 2.05) is 12.3 Å². The molecular weight excluding hydrogens is 162 g/mol. The zero-order chi connectivity index (χ0) is 9.52. The van der Waals surface area contributed by atoms with Crippen LogP contribution in [-0.2, 0) is 6.54 Å². The van der Waals surface area contributed by atoms with Gasteiger partial charge in [0.1, 0.15) is 0 Å². The molecule has 0 radical (unpaired) electrons. The van der Waals surface area contributed by atoms with Gasteiger partial charge in [0.15, 0.2) is 0 Å². The lowest BCUT2D eigenvalue weighted by Gasteiger charge is -2.14. The Balaban J connectivity index is 2.19. The zero-order valence-electron chi connectivity index (χ0n) is 7.95. The number of aromatic nitrogens is 1. The van der Waals surface area contributed by atoms with Crippen molar-refractivity contribution in [2.75, 3.05) is 13.6 Å². The second-order valence-corrected chi connectivity index (χ2v) is 3.19. The van der Waals surface area contributed by atoms with E-state index < -0.39 is 0 Å². The first-order valence-electron chi connectivity index (χ1n) is 4.50. The molecule has 70 valence electrons. The number of H-pyrrole nitrogens is 1. The van der Waals surface area contributed by atoms with Crippen molar-refractivity contribution in [3.8, 4) is 6.07 Å². The van der Waals surface area contributed by atoms with E-state index in [9.17, 15) is 0 Å².